The molecule has 168 valence electrons. The third kappa shape index (κ3) is 4.69. The van der Waals surface area contributed by atoms with Crippen molar-refractivity contribution in [3.05, 3.63) is 80.9 Å². The second kappa shape index (κ2) is 9.29. The van der Waals surface area contributed by atoms with Crippen molar-refractivity contribution in [3.8, 4) is 11.3 Å². The number of rotatable bonds is 3. The number of piperazine rings is 1. The summed E-state index contributed by atoms with van der Waals surface area (Å²) in [5.74, 6) is 1.01. The largest absolute Gasteiger partial charge is 0.457 e. The molecule has 3 aromatic rings. The van der Waals surface area contributed by atoms with E-state index in [2.05, 4.69) is 46.0 Å². The van der Waals surface area contributed by atoms with Crippen LogP contribution in [-0.4, -0.2) is 42.2 Å². The van der Waals surface area contributed by atoms with Gasteiger partial charge in [0.1, 0.15) is 11.5 Å². The Morgan fingerprint density at radius 1 is 0.970 bits per heavy atom. The number of benzene rings is 2. The molecular weight excluding hydrogens is 477 g/mol. The SMILES string of the molecule is Cc1ccccc1N1CCN(C2=NC(=O)/C(=C\c3ccc(-c4ccc(Cl)c(Cl)c4)o3)S2)CC1. The molecule has 33 heavy (non-hydrogen) atoms. The topological polar surface area (TPSA) is 49.0 Å². The van der Waals surface area contributed by atoms with E-state index in [1.807, 2.05) is 18.2 Å². The molecule has 0 atom stereocenters. The van der Waals surface area contributed by atoms with Gasteiger partial charge in [-0.1, -0.05) is 41.4 Å². The number of anilines is 1. The third-order valence-electron chi connectivity index (χ3n) is 5.72. The lowest BCUT2D eigenvalue weighted by molar-refractivity contribution is -0.113. The quantitative estimate of drug-likeness (QED) is 0.394. The Kier molecular flexibility index (Phi) is 6.23. The predicted molar refractivity (Wildman–Crippen MR) is 137 cm³/mol. The van der Waals surface area contributed by atoms with E-state index in [4.69, 9.17) is 27.6 Å². The molecule has 0 bridgehead atoms. The van der Waals surface area contributed by atoms with Gasteiger partial charge >= 0.3 is 0 Å². The van der Waals surface area contributed by atoms with Gasteiger partial charge < -0.3 is 14.2 Å². The van der Waals surface area contributed by atoms with Crippen molar-refractivity contribution in [2.24, 2.45) is 4.99 Å². The number of para-hydroxylation sites is 1. The molecule has 0 spiro atoms. The van der Waals surface area contributed by atoms with Crippen LogP contribution in [0, 0.1) is 6.92 Å². The Labute approximate surface area is 206 Å². The molecule has 0 saturated carbocycles. The van der Waals surface area contributed by atoms with Crippen LogP contribution < -0.4 is 4.90 Å². The van der Waals surface area contributed by atoms with Crippen LogP contribution in [-0.2, 0) is 4.79 Å². The third-order valence-corrected chi connectivity index (χ3v) is 7.50. The van der Waals surface area contributed by atoms with Crippen LogP contribution in [0.4, 0.5) is 5.69 Å². The van der Waals surface area contributed by atoms with Crippen LogP contribution >= 0.6 is 35.0 Å². The molecule has 0 radical (unpaired) electrons. The molecule has 0 aliphatic carbocycles. The average molecular weight is 498 g/mol. The van der Waals surface area contributed by atoms with Crippen LogP contribution in [0.2, 0.25) is 10.0 Å². The number of aryl methyl sites for hydroxylation is 1. The van der Waals surface area contributed by atoms with Crippen LogP contribution in [0.1, 0.15) is 11.3 Å². The van der Waals surface area contributed by atoms with E-state index in [0.29, 0.717) is 26.5 Å². The minimum absolute atomic E-state index is 0.233. The molecule has 1 fully saturated rings. The Morgan fingerprint density at radius 3 is 2.48 bits per heavy atom. The number of aliphatic imine (C=N–C) groups is 1. The average Bonchev–Trinajstić information content (AvgIpc) is 3.43. The molecule has 1 aromatic heterocycles. The van der Waals surface area contributed by atoms with Crippen LogP contribution in [0.5, 0.6) is 0 Å². The molecule has 1 amide bonds. The van der Waals surface area contributed by atoms with Gasteiger partial charge in [-0.05, 0) is 60.6 Å². The summed E-state index contributed by atoms with van der Waals surface area (Å²) in [6.45, 7) is 5.56. The van der Waals surface area contributed by atoms with Crippen LogP contribution in [0.25, 0.3) is 17.4 Å². The van der Waals surface area contributed by atoms with Crippen molar-refractivity contribution in [1.82, 2.24) is 4.90 Å². The Hall–Kier alpha value is -2.67. The van der Waals surface area contributed by atoms with Crippen molar-refractivity contribution in [2.75, 3.05) is 31.1 Å². The predicted octanol–water partition coefficient (Wildman–Crippen LogP) is 6.35. The van der Waals surface area contributed by atoms with Crippen molar-refractivity contribution < 1.29 is 9.21 Å². The number of hydrogen-bond acceptors (Lipinski definition) is 5. The zero-order valence-electron chi connectivity index (χ0n) is 17.9. The zero-order valence-corrected chi connectivity index (χ0v) is 20.3. The van der Waals surface area contributed by atoms with E-state index in [-0.39, 0.29) is 5.91 Å². The standard InChI is InChI=1S/C25H21Cl2N3O2S/c1-16-4-2-3-5-21(16)29-10-12-30(13-11-29)25-28-24(31)23(33-25)15-18-7-9-22(32-18)17-6-8-19(26)20(27)14-17/h2-9,14-15H,10-13H2,1H3/b23-15+. The van der Waals surface area contributed by atoms with E-state index in [1.165, 1.54) is 23.0 Å². The molecule has 0 N–H and O–H groups in total. The number of halogens is 2. The van der Waals surface area contributed by atoms with Crippen LogP contribution in [0.15, 0.2) is 68.9 Å². The van der Waals surface area contributed by atoms with Gasteiger partial charge in [0.25, 0.3) is 5.91 Å². The number of nitrogens with zero attached hydrogens (tertiary/aromatic N) is 3. The number of carbonyl (C=O) groups is 1. The van der Waals surface area contributed by atoms with E-state index in [9.17, 15) is 4.79 Å². The summed E-state index contributed by atoms with van der Waals surface area (Å²) in [5, 5.41) is 1.71. The number of thioether (sulfide) groups is 1. The number of hydrogen-bond donors (Lipinski definition) is 0. The summed E-state index contributed by atoms with van der Waals surface area (Å²) in [7, 11) is 0. The van der Waals surface area contributed by atoms with E-state index < -0.39 is 0 Å². The maximum absolute atomic E-state index is 12.5. The van der Waals surface area contributed by atoms with Gasteiger partial charge in [-0.15, -0.1) is 0 Å². The Bertz CT molecular complexity index is 1280. The smallest absolute Gasteiger partial charge is 0.286 e. The van der Waals surface area contributed by atoms with Gasteiger partial charge in [-0.25, -0.2) is 0 Å². The minimum Gasteiger partial charge on any atom is -0.457 e. The first-order valence-corrected chi connectivity index (χ1v) is 12.2. The fourth-order valence-electron chi connectivity index (χ4n) is 3.95. The zero-order chi connectivity index (χ0) is 22.9. The highest BCUT2D eigenvalue weighted by Crippen LogP contribution is 2.34. The highest BCUT2D eigenvalue weighted by molar-refractivity contribution is 8.18. The molecule has 2 aliphatic heterocycles. The summed E-state index contributed by atoms with van der Waals surface area (Å²) in [5.41, 5.74) is 3.37. The summed E-state index contributed by atoms with van der Waals surface area (Å²) in [6.07, 6.45) is 1.74. The highest BCUT2D eigenvalue weighted by atomic mass is 35.5. The minimum atomic E-state index is -0.233. The second-order valence-corrected chi connectivity index (χ2v) is 9.73. The molecule has 5 nitrogen and oxygen atoms in total. The highest BCUT2D eigenvalue weighted by Gasteiger charge is 2.29. The lowest BCUT2D eigenvalue weighted by atomic mass is 10.1. The maximum Gasteiger partial charge on any atom is 0.286 e. The number of amides is 1. The lowest BCUT2D eigenvalue weighted by Gasteiger charge is -2.37. The van der Waals surface area contributed by atoms with Crippen molar-refractivity contribution >= 4 is 57.8 Å². The number of furan rings is 1. The molecule has 2 aliphatic rings. The Morgan fingerprint density at radius 2 is 1.73 bits per heavy atom. The monoisotopic (exact) mass is 497 g/mol. The molecule has 2 aromatic carbocycles. The Balaban J connectivity index is 1.24. The second-order valence-electron chi connectivity index (χ2n) is 7.90. The molecule has 3 heterocycles. The molecule has 8 heteroatoms. The fourth-order valence-corrected chi connectivity index (χ4v) is 5.20. The van der Waals surface area contributed by atoms with Gasteiger partial charge in [0.2, 0.25) is 0 Å². The van der Waals surface area contributed by atoms with Gasteiger partial charge in [-0.3, -0.25) is 4.79 Å². The van der Waals surface area contributed by atoms with Gasteiger partial charge in [0.05, 0.1) is 15.0 Å². The molecule has 1 saturated heterocycles. The molecular formula is C25H21Cl2N3O2S. The normalized spacial score (nSPS) is 17.7. The van der Waals surface area contributed by atoms with E-state index >= 15 is 0 Å². The van der Waals surface area contributed by atoms with Crippen LogP contribution in [0.3, 0.4) is 0 Å². The number of amidine groups is 1. The van der Waals surface area contributed by atoms with E-state index in [0.717, 1.165) is 36.9 Å². The molecule has 0 unspecified atom stereocenters. The van der Waals surface area contributed by atoms with Gasteiger partial charge in [0.15, 0.2) is 5.17 Å². The van der Waals surface area contributed by atoms with E-state index in [1.54, 1.807) is 18.2 Å². The maximum atomic E-state index is 12.5. The summed E-state index contributed by atoms with van der Waals surface area (Å²) >= 11 is 13.5. The summed E-state index contributed by atoms with van der Waals surface area (Å²) in [4.78, 5) is 22.0. The lowest BCUT2D eigenvalue weighted by Crippen LogP contribution is -2.48. The van der Waals surface area contributed by atoms with Gasteiger partial charge in [-0.2, -0.15) is 4.99 Å². The summed E-state index contributed by atoms with van der Waals surface area (Å²) < 4.78 is 5.91. The van der Waals surface area contributed by atoms with Gasteiger partial charge in [0, 0.05) is 43.5 Å². The van der Waals surface area contributed by atoms with Crippen molar-refractivity contribution in [1.29, 1.82) is 0 Å². The number of carbonyl (C=O) groups excluding carboxylic acids is 1. The first-order valence-electron chi connectivity index (χ1n) is 10.6. The molecule has 5 rings (SSSR count). The first-order chi connectivity index (χ1) is 16.0. The fraction of sp³-hybridized carbons (Fsp3) is 0.200. The first kappa shape index (κ1) is 22.1. The van der Waals surface area contributed by atoms with Crippen molar-refractivity contribution in [2.45, 2.75) is 6.92 Å². The van der Waals surface area contributed by atoms with Crippen molar-refractivity contribution in [3.63, 3.8) is 0 Å². The summed E-state index contributed by atoms with van der Waals surface area (Å²) in [6, 6.07) is 17.4.